The van der Waals surface area contributed by atoms with Gasteiger partial charge in [-0.15, -0.1) is 0 Å². The summed E-state index contributed by atoms with van der Waals surface area (Å²) in [5.74, 6) is 2.03. The largest absolute Gasteiger partial charge is 0.393 e. The van der Waals surface area contributed by atoms with Gasteiger partial charge < -0.3 is 5.11 Å². The van der Waals surface area contributed by atoms with E-state index in [4.69, 9.17) is 0 Å². The van der Waals surface area contributed by atoms with Gasteiger partial charge in [0, 0.05) is 0 Å². The Morgan fingerprint density at radius 2 is 2.08 bits per heavy atom. The second kappa shape index (κ2) is 6.72. The van der Waals surface area contributed by atoms with Gasteiger partial charge in [-0.2, -0.15) is 11.8 Å². The average Bonchev–Trinajstić information content (AvgIpc) is 2.57. The van der Waals surface area contributed by atoms with Crippen molar-refractivity contribution in [2.45, 2.75) is 51.0 Å². The van der Waals surface area contributed by atoms with Crippen molar-refractivity contribution < 1.29 is 5.11 Å². The molecule has 1 aliphatic carbocycles. The number of aliphatic hydroxyl groups is 1. The first-order valence-electron chi connectivity index (χ1n) is 5.50. The van der Waals surface area contributed by atoms with E-state index in [1.54, 1.807) is 0 Å². The Morgan fingerprint density at radius 1 is 1.38 bits per heavy atom. The van der Waals surface area contributed by atoms with Gasteiger partial charge in [0.15, 0.2) is 0 Å². The molecule has 0 heterocycles. The van der Waals surface area contributed by atoms with E-state index in [1.165, 1.54) is 37.9 Å². The van der Waals surface area contributed by atoms with Crippen LogP contribution in [0.4, 0.5) is 0 Å². The molecule has 2 heteroatoms. The van der Waals surface area contributed by atoms with Crippen molar-refractivity contribution in [3.63, 3.8) is 0 Å². The van der Waals surface area contributed by atoms with Crippen LogP contribution >= 0.6 is 11.8 Å². The summed E-state index contributed by atoms with van der Waals surface area (Å²) in [6.45, 7) is 0. The molecule has 1 unspecified atom stereocenters. The van der Waals surface area contributed by atoms with E-state index in [1.807, 2.05) is 11.8 Å². The molecule has 1 aliphatic rings. The van der Waals surface area contributed by atoms with Gasteiger partial charge in [0.2, 0.25) is 0 Å². The highest BCUT2D eigenvalue weighted by atomic mass is 32.2. The Labute approximate surface area is 86.3 Å². The Morgan fingerprint density at radius 3 is 2.69 bits per heavy atom. The highest BCUT2D eigenvalue weighted by Gasteiger charge is 2.18. The van der Waals surface area contributed by atoms with Crippen LogP contribution in [0, 0.1) is 5.92 Å². The summed E-state index contributed by atoms with van der Waals surface area (Å²) in [5, 5.41) is 9.73. The fraction of sp³-hybridized carbons (Fsp3) is 1.00. The fourth-order valence-electron chi connectivity index (χ4n) is 2.21. The first kappa shape index (κ1) is 11.4. The van der Waals surface area contributed by atoms with Crippen molar-refractivity contribution in [3.05, 3.63) is 0 Å². The zero-order valence-electron chi connectivity index (χ0n) is 8.67. The van der Waals surface area contributed by atoms with E-state index in [-0.39, 0.29) is 6.10 Å². The van der Waals surface area contributed by atoms with Gasteiger partial charge in [0.25, 0.3) is 0 Å². The number of hydrogen-bond donors (Lipinski definition) is 1. The lowest BCUT2D eigenvalue weighted by Crippen LogP contribution is -2.11. The van der Waals surface area contributed by atoms with Crippen LogP contribution in [0.3, 0.4) is 0 Å². The second-order valence-electron chi connectivity index (χ2n) is 4.18. The average molecular weight is 202 g/mol. The molecular formula is C11H22OS. The van der Waals surface area contributed by atoms with E-state index >= 15 is 0 Å². The highest BCUT2D eigenvalue weighted by molar-refractivity contribution is 7.98. The van der Waals surface area contributed by atoms with Gasteiger partial charge >= 0.3 is 0 Å². The van der Waals surface area contributed by atoms with Crippen molar-refractivity contribution in [2.24, 2.45) is 5.92 Å². The van der Waals surface area contributed by atoms with Crippen molar-refractivity contribution in [1.82, 2.24) is 0 Å². The summed E-state index contributed by atoms with van der Waals surface area (Å²) in [4.78, 5) is 0. The molecule has 1 atom stereocenters. The minimum absolute atomic E-state index is 0.0183. The molecule has 1 N–H and O–H groups in total. The molecule has 1 rings (SSSR count). The molecule has 0 aromatic rings. The zero-order valence-corrected chi connectivity index (χ0v) is 9.48. The lowest BCUT2D eigenvalue weighted by molar-refractivity contribution is 0.133. The Balaban J connectivity index is 1.99. The molecule has 0 amide bonds. The minimum atomic E-state index is -0.0183. The normalized spacial score (nSPS) is 20.8. The first-order chi connectivity index (χ1) is 6.33. The van der Waals surface area contributed by atoms with Crippen LogP contribution in [0.2, 0.25) is 0 Å². The molecule has 1 fully saturated rings. The van der Waals surface area contributed by atoms with Gasteiger partial charge in [0.1, 0.15) is 0 Å². The van der Waals surface area contributed by atoms with Crippen molar-refractivity contribution in [1.29, 1.82) is 0 Å². The lowest BCUT2D eigenvalue weighted by Gasteiger charge is -2.14. The van der Waals surface area contributed by atoms with Crippen LogP contribution in [-0.4, -0.2) is 23.2 Å². The van der Waals surface area contributed by atoms with Crippen LogP contribution < -0.4 is 0 Å². The topological polar surface area (TPSA) is 20.2 Å². The van der Waals surface area contributed by atoms with E-state index in [0.29, 0.717) is 0 Å². The summed E-state index contributed by atoms with van der Waals surface area (Å²) < 4.78 is 0. The van der Waals surface area contributed by atoms with Gasteiger partial charge in [0.05, 0.1) is 6.10 Å². The molecule has 0 bridgehead atoms. The fourth-order valence-corrected chi connectivity index (χ4v) is 2.67. The summed E-state index contributed by atoms with van der Waals surface area (Å²) in [6, 6.07) is 0. The summed E-state index contributed by atoms with van der Waals surface area (Å²) in [5.41, 5.74) is 0. The molecule has 0 radical (unpaired) electrons. The molecule has 0 aromatic heterocycles. The maximum absolute atomic E-state index is 9.73. The SMILES string of the molecule is CSCCCC(O)CC1CCCC1. The Bertz CT molecular complexity index is 121. The summed E-state index contributed by atoms with van der Waals surface area (Å²) >= 11 is 1.88. The third-order valence-corrected chi connectivity index (χ3v) is 3.66. The third kappa shape index (κ3) is 4.92. The van der Waals surface area contributed by atoms with Crippen molar-refractivity contribution in [3.8, 4) is 0 Å². The van der Waals surface area contributed by atoms with Crippen LogP contribution in [0.1, 0.15) is 44.9 Å². The predicted molar refractivity (Wildman–Crippen MR) is 60.2 cm³/mol. The highest BCUT2D eigenvalue weighted by Crippen LogP contribution is 2.29. The monoisotopic (exact) mass is 202 g/mol. The molecule has 13 heavy (non-hydrogen) atoms. The van der Waals surface area contributed by atoms with Crippen LogP contribution in [0.5, 0.6) is 0 Å². The molecular weight excluding hydrogens is 180 g/mol. The van der Waals surface area contributed by atoms with Gasteiger partial charge in [-0.25, -0.2) is 0 Å². The smallest absolute Gasteiger partial charge is 0.0543 e. The van der Waals surface area contributed by atoms with Gasteiger partial charge in [-0.05, 0) is 37.2 Å². The van der Waals surface area contributed by atoms with Crippen LogP contribution in [0.25, 0.3) is 0 Å². The maximum atomic E-state index is 9.73. The molecule has 1 nitrogen and oxygen atoms in total. The molecule has 0 saturated heterocycles. The van der Waals surface area contributed by atoms with Crippen LogP contribution in [0.15, 0.2) is 0 Å². The third-order valence-electron chi connectivity index (χ3n) is 2.97. The van der Waals surface area contributed by atoms with E-state index < -0.39 is 0 Å². The van der Waals surface area contributed by atoms with Crippen LogP contribution in [-0.2, 0) is 0 Å². The molecule has 0 aliphatic heterocycles. The Hall–Kier alpha value is 0.310. The predicted octanol–water partition coefficient (Wildman–Crippen LogP) is 3.07. The number of rotatable bonds is 6. The number of hydrogen-bond acceptors (Lipinski definition) is 2. The summed E-state index contributed by atoms with van der Waals surface area (Å²) in [6.07, 6.45) is 10.9. The van der Waals surface area contributed by atoms with E-state index in [0.717, 1.165) is 18.8 Å². The lowest BCUT2D eigenvalue weighted by atomic mass is 9.98. The maximum Gasteiger partial charge on any atom is 0.0543 e. The van der Waals surface area contributed by atoms with E-state index in [2.05, 4.69) is 6.26 Å². The second-order valence-corrected chi connectivity index (χ2v) is 5.16. The zero-order chi connectivity index (χ0) is 9.52. The van der Waals surface area contributed by atoms with Gasteiger partial charge in [-0.1, -0.05) is 25.7 Å². The number of thioether (sulfide) groups is 1. The molecule has 0 spiro atoms. The van der Waals surface area contributed by atoms with Gasteiger partial charge in [-0.3, -0.25) is 0 Å². The van der Waals surface area contributed by atoms with E-state index in [9.17, 15) is 5.11 Å². The Kier molecular flexibility index (Phi) is 5.88. The summed E-state index contributed by atoms with van der Waals surface area (Å²) in [7, 11) is 0. The first-order valence-corrected chi connectivity index (χ1v) is 6.89. The van der Waals surface area contributed by atoms with Crippen molar-refractivity contribution in [2.75, 3.05) is 12.0 Å². The number of aliphatic hydroxyl groups excluding tert-OH is 1. The quantitative estimate of drug-likeness (QED) is 0.668. The minimum Gasteiger partial charge on any atom is -0.393 e. The molecule has 0 aromatic carbocycles. The molecule has 78 valence electrons. The van der Waals surface area contributed by atoms with Crippen molar-refractivity contribution >= 4 is 11.8 Å². The molecule has 1 saturated carbocycles. The standard InChI is InChI=1S/C11H22OS/c1-13-8-4-7-11(12)9-10-5-2-3-6-10/h10-12H,2-9H2,1H3.